The predicted molar refractivity (Wildman–Crippen MR) is 137 cm³/mol. The van der Waals surface area contributed by atoms with Crippen LogP contribution in [-0.2, 0) is 11.2 Å². The van der Waals surface area contributed by atoms with E-state index in [1.54, 1.807) is 43.8 Å². The van der Waals surface area contributed by atoms with E-state index >= 15 is 0 Å². The lowest BCUT2D eigenvalue weighted by atomic mass is 9.91. The lowest BCUT2D eigenvalue weighted by Crippen LogP contribution is -2.41. The van der Waals surface area contributed by atoms with E-state index in [9.17, 15) is 9.59 Å². The molecule has 182 valence electrons. The first-order chi connectivity index (χ1) is 17.1. The van der Waals surface area contributed by atoms with Gasteiger partial charge in [0, 0.05) is 28.7 Å². The first-order valence-corrected chi connectivity index (χ1v) is 12.7. The number of carbonyl (C=O) groups excluding carboxylic acids is 2. The van der Waals surface area contributed by atoms with E-state index in [0.29, 0.717) is 22.7 Å². The summed E-state index contributed by atoms with van der Waals surface area (Å²) in [5, 5.41) is 8.03. The standard InChI is InChI=1S/C27H29N3O4S/c1-33-22-14-17-10-11-30(26(24-7-4-12-35-24)21(17)15-23(22)34-2)16-25(31)28-20-6-3-5-18(13-20)27(32)29-19-8-9-19/h3-7,12-15,19,26H,8-11,16H2,1-2H3,(H,28,31)(H,29,32)/t26-/m0/s1. The molecule has 1 fully saturated rings. The summed E-state index contributed by atoms with van der Waals surface area (Å²) in [4.78, 5) is 28.9. The Morgan fingerprint density at radius 2 is 1.86 bits per heavy atom. The maximum atomic E-state index is 13.1. The van der Waals surface area contributed by atoms with E-state index < -0.39 is 0 Å². The van der Waals surface area contributed by atoms with Crippen LogP contribution in [0.3, 0.4) is 0 Å². The summed E-state index contributed by atoms with van der Waals surface area (Å²) in [6, 6.07) is 15.6. The average molecular weight is 492 g/mol. The highest BCUT2D eigenvalue weighted by molar-refractivity contribution is 7.10. The van der Waals surface area contributed by atoms with E-state index in [4.69, 9.17) is 9.47 Å². The van der Waals surface area contributed by atoms with Gasteiger partial charge in [0.25, 0.3) is 5.91 Å². The molecule has 5 rings (SSSR count). The SMILES string of the molecule is COc1cc2c(cc1OC)[C@@H](c1cccs1)N(CC(=O)Nc1cccc(C(=O)NC3CC3)c1)CC2. The van der Waals surface area contributed by atoms with Gasteiger partial charge in [-0.2, -0.15) is 0 Å². The monoisotopic (exact) mass is 491 g/mol. The number of rotatable bonds is 8. The summed E-state index contributed by atoms with van der Waals surface area (Å²) in [7, 11) is 3.28. The molecule has 2 aromatic carbocycles. The van der Waals surface area contributed by atoms with Gasteiger partial charge in [-0.05, 0) is 72.2 Å². The fourth-order valence-electron chi connectivity index (χ4n) is 4.57. The van der Waals surface area contributed by atoms with Gasteiger partial charge in [0.2, 0.25) is 5.91 Å². The molecule has 0 bridgehead atoms. The second kappa shape index (κ2) is 10.1. The Morgan fingerprint density at radius 1 is 1.06 bits per heavy atom. The molecule has 2 amide bonds. The number of nitrogens with zero attached hydrogens (tertiary/aromatic N) is 1. The third kappa shape index (κ3) is 5.18. The first-order valence-electron chi connectivity index (χ1n) is 11.8. The number of hydrogen-bond acceptors (Lipinski definition) is 6. The van der Waals surface area contributed by atoms with Crippen LogP contribution in [0.1, 0.15) is 45.2 Å². The van der Waals surface area contributed by atoms with Gasteiger partial charge in [0.15, 0.2) is 11.5 Å². The van der Waals surface area contributed by atoms with Crippen molar-refractivity contribution in [2.24, 2.45) is 0 Å². The smallest absolute Gasteiger partial charge is 0.251 e. The van der Waals surface area contributed by atoms with Crippen LogP contribution in [0.25, 0.3) is 0 Å². The summed E-state index contributed by atoms with van der Waals surface area (Å²) in [5.74, 6) is 1.18. The Kier molecular flexibility index (Phi) is 6.74. The molecule has 35 heavy (non-hydrogen) atoms. The van der Waals surface area contributed by atoms with Crippen LogP contribution in [0.15, 0.2) is 53.9 Å². The van der Waals surface area contributed by atoms with Gasteiger partial charge in [-0.25, -0.2) is 0 Å². The normalized spacial score (nSPS) is 17.4. The summed E-state index contributed by atoms with van der Waals surface area (Å²) in [6.45, 7) is 0.969. The average Bonchev–Trinajstić information content (AvgIpc) is 3.52. The highest BCUT2D eigenvalue weighted by Crippen LogP contribution is 2.42. The zero-order valence-corrected chi connectivity index (χ0v) is 20.7. The summed E-state index contributed by atoms with van der Waals surface area (Å²) in [5.41, 5.74) is 3.50. The molecule has 1 aromatic heterocycles. The third-order valence-corrected chi connectivity index (χ3v) is 7.38. The van der Waals surface area contributed by atoms with Gasteiger partial charge in [-0.3, -0.25) is 14.5 Å². The van der Waals surface area contributed by atoms with Crippen LogP contribution >= 0.6 is 11.3 Å². The van der Waals surface area contributed by atoms with Crippen molar-refractivity contribution in [3.8, 4) is 11.5 Å². The molecular weight excluding hydrogens is 462 g/mol. The third-order valence-electron chi connectivity index (χ3n) is 6.45. The Balaban J connectivity index is 1.35. The number of ether oxygens (including phenoxy) is 2. The number of amides is 2. The lowest BCUT2D eigenvalue weighted by molar-refractivity contribution is -0.117. The van der Waals surface area contributed by atoms with Crippen molar-refractivity contribution in [3.05, 3.63) is 75.5 Å². The Labute approximate surface area is 209 Å². The quantitative estimate of drug-likeness (QED) is 0.493. The van der Waals surface area contributed by atoms with Crippen LogP contribution in [0.2, 0.25) is 0 Å². The van der Waals surface area contributed by atoms with Crippen LogP contribution in [0.4, 0.5) is 5.69 Å². The molecule has 0 spiro atoms. The van der Waals surface area contributed by atoms with E-state index in [1.807, 2.05) is 24.3 Å². The zero-order valence-electron chi connectivity index (χ0n) is 19.9. The molecular formula is C27H29N3O4S. The molecule has 3 aromatic rings. The Hall–Kier alpha value is -3.36. The minimum Gasteiger partial charge on any atom is -0.493 e. The minimum atomic E-state index is -0.116. The highest BCUT2D eigenvalue weighted by atomic mass is 32.1. The van der Waals surface area contributed by atoms with Crippen LogP contribution in [0, 0.1) is 0 Å². The van der Waals surface area contributed by atoms with Gasteiger partial charge in [0.05, 0.1) is 26.8 Å². The number of nitrogens with one attached hydrogen (secondary N) is 2. The largest absolute Gasteiger partial charge is 0.493 e. The molecule has 0 unspecified atom stereocenters. The Morgan fingerprint density at radius 3 is 2.57 bits per heavy atom. The van der Waals surface area contributed by atoms with E-state index in [1.165, 1.54) is 10.4 Å². The number of carbonyl (C=O) groups is 2. The molecule has 8 heteroatoms. The second-order valence-electron chi connectivity index (χ2n) is 8.92. The van der Waals surface area contributed by atoms with Crippen molar-refractivity contribution in [3.63, 3.8) is 0 Å². The minimum absolute atomic E-state index is 0.0556. The highest BCUT2D eigenvalue weighted by Gasteiger charge is 2.32. The molecule has 1 aliphatic carbocycles. The molecule has 2 N–H and O–H groups in total. The second-order valence-corrected chi connectivity index (χ2v) is 9.90. The van der Waals surface area contributed by atoms with Crippen molar-refractivity contribution < 1.29 is 19.1 Å². The van der Waals surface area contributed by atoms with Gasteiger partial charge < -0.3 is 20.1 Å². The Bertz CT molecular complexity index is 1220. The summed E-state index contributed by atoms with van der Waals surface area (Å²) in [6.07, 6.45) is 2.87. The molecule has 2 aliphatic rings. The van der Waals surface area contributed by atoms with Crippen LogP contribution in [0.5, 0.6) is 11.5 Å². The van der Waals surface area contributed by atoms with Crippen LogP contribution < -0.4 is 20.1 Å². The molecule has 7 nitrogen and oxygen atoms in total. The van der Waals surface area contributed by atoms with E-state index in [2.05, 4.69) is 27.0 Å². The molecule has 1 aliphatic heterocycles. The van der Waals surface area contributed by atoms with Gasteiger partial charge >= 0.3 is 0 Å². The first kappa shape index (κ1) is 23.4. The topological polar surface area (TPSA) is 79.9 Å². The summed E-state index contributed by atoms with van der Waals surface area (Å²) >= 11 is 1.68. The molecule has 0 saturated heterocycles. The maximum Gasteiger partial charge on any atom is 0.251 e. The van der Waals surface area contributed by atoms with Crippen molar-refractivity contribution in [2.45, 2.75) is 31.3 Å². The van der Waals surface area contributed by atoms with Crippen molar-refractivity contribution in [1.29, 1.82) is 0 Å². The van der Waals surface area contributed by atoms with Crippen molar-refractivity contribution in [2.75, 3.05) is 32.6 Å². The van der Waals surface area contributed by atoms with E-state index in [-0.39, 0.29) is 30.4 Å². The fourth-order valence-corrected chi connectivity index (χ4v) is 5.44. The van der Waals surface area contributed by atoms with Crippen LogP contribution in [-0.4, -0.2) is 50.1 Å². The number of fused-ring (bicyclic) bond motifs is 1. The van der Waals surface area contributed by atoms with E-state index in [0.717, 1.165) is 31.4 Å². The van der Waals surface area contributed by atoms with Gasteiger partial charge in [0.1, 0.15) is 0 Å². The number of benzene rings is 2. The van der Waals surface area contributed by atoms with Crippen molar-refractivity contribution >= 4 is 28.8 Å². The molecule has 1 saturated carbocycles. The number of thiophene rings is 1. The maximum absolute atomic E-state index is 13.1. The van der Waals surface area contributed by atoms with Gasteiger partial charge in [-0.15, -0.1) is 11.3 Å². The number of hydrogen-bond donors (Lipinski definition) is 2. The summed E-state index contributed by atoms with van der Waals surface area (Å²) < 4.78 is 11.1. The number of methoxy groups -OCH3 is 2. The predicted octanol–water partition coefficient (Wildman–Crippen LogP) is 4.24. The number of anilines is 1. The fraction of sp³-hybridized carbons (Fsp3) is 0.333. The molecule has 2 heterocycles. The van der Waals surface area contributed by atoms with Gasteiger partial charge in [-0.1, -0.05) is 12.1 Å². The lowest BCUT2D eigenvalue weighted by Gasteiger charge is -2.37. The molecule has 1 atom stereocenters. The zero-order chi connectivity index (χ0) is 24.4. The van der Waals surface area contributed by atoms with Crippen molar-refractivity contribution in [1.82, 2.24) is 10.2 Å². The molecule has 0 radical (unpaired) electrons.